The first-order chi connectivity index (χ1) is 18.1. The second kappa shape index (κ2) is 11.5. The van der Waals surface area contributed by atoms with E-state index in [9.17, 15) is 4.79 Å². The normalized spacial score (nSPS) is 17.8. The molecular formula is C29H31N5O3. The molecule has 0 spiro atoms. The SMILES string of the molecule is N[C@@H]1CCN(c2cc(C(=O)NO)cc(-c3ccc(C#Cc4ccc(CN5CCOCC5)cc4)cc3)n2)C1. The molecule has 1 atom stereocenters. The molecule has 8 nitrogen and oxygen atoms in total. The Morgan fingerprint density at radius 2 is 1.70 bits per heavy atom. The average Bonchev–Trinajstić information content (AvgIpc) is 3.39. The number of hydrogen-bond acceptors (Lipinski definition) is 7. The number of nitrogens with two attached hydrogens (primary N) is 1. The number of nitrogens with one attached hydrogen (secondary N) is 1. The van der Waals surface area contributed by atoms with Gasteiger partial charge in [0.1, 0.15) is 5.82 Å². The van der Waals surface area contributed by atoms with Crippen LogP contribution in [-0.2, 0) is 11.3 Å². The molecule has 37 heavy (non-hydrogen) atoms. The molecular weight excluding hydrogens is 466 g/mol. The van der Waals surface area contributed by atoms with Crippen LogP contribution in [0.5, 0.6) is 0 Å². The summed E-state index contributed by atoms with van der Waals surface area (Å²) in [6.07, 6.45) is 0.872. The number of nitrogens with zero attached hydrogens (tertiary/aromatic N) is 3. The van der Waals surface area contributed by atoms with Crippen LogP contribution in [0.3, 0.4) is 0 Å². The number of benzene rings is 2. The molecule has 0 unspecified atom stereocenters. The molecule has 0 bridgehead atoms. The van der Waals surface area contributed by atoms with E-state index in [1.807, 2.05) is 24.3 Å². The minimum absolute atomic E-state index is 0.0828. The molecule has 1 amide bonds. The van der Waals surface area contributed by atoms with Crippen LogP contribution in [0.2, 0.25) is 0 Å². The number of carbonyl (C=O) groups is 1. The van der Waals surface area contributed by atoms with Gasteiger partial charge in [-0.2, -0.15) is 0 Å². The molecule has 5 rings (SSSR count). The summed E-state index contributed by atoms with van der Waals surface area (Å²) in [6, 6.07) is 19.6. The van der Waals surface area contributed by atoms with E-state index in [1.54, 1.807) is 17.6 Å². The lowest BCUT2D eigenvalue weighted by molar-refractivity contribution is 0.0342. The van der Waals surface area contributed by atoms with E-state index < -0.39 is 5.91 Å². The number of anilines is 1. The summed E-state index contributed by atoms with van der Waals surface area (Å²) < 4.78 is 5.42. The first kappa shape index (κ1) is 24.9. The Balaban J connectivity index is 1.30. The number of carbonyl (C=O) groups excluding carboxylic acids is 1. The topological polar surface area (TPSA) is 104 Å². The second-order valence-electron chi connectivity index (χ2n) is 9.45. The Kier molecular flexibility index (Phi) is 7.78. The zero-order valence-electron chi connectivity index (χ0n) is 20.7. The number of aromatic nitrogens is 1. The maximum Gasteiger partial charge on any atom is 0.274 e. The van der Waals surface area contributed by atoms with E-state index in [4.69, 9.17) is 20.7 Å². The van der Waals surface area contributed by atoms with E-state index in [1.165, 1.54) is 5.56 Å². The van der Waals surface area contributed by atoms with Crippen LogP contribution in [-0.4, -0.2) is 66.4 Å². The molecule has 0 radical (unpaired) electrons. The van der Waals surface area contributed by atoms with Gasteiger partial charge in [0.25, 0.3) is 5.91 Å². The number of pyridine rings is 1. The quantitative estimate of drug-likeness (QED) is 0.283. The fourth-order valence-corrected chi connectivity index (χ4v) is 4.60. The van der Waals surface area contributed by atoms with Crippen molar-refractivity contribution in [3.63, 3.8) is 0 Å². The lowest BCUT2D eigenvalue weighted by atomic mass is 10.1. The minimum atomic E-state index is -0.577. The minimum Gasteiger partial charge on any atom is -0.379 e. The highest BCUT2D eigenvalue weighted by Crippen LogP contribution is 2.26. The van der Waals surface area contributed by atoms with Crippen LogP contribution < -0.4 is 16.1 Å². The molecule has 8 heteroatoms. The molecule has 1 aromatic heterocycles. The standard InChI is InChI=1S/C29H31N5O3/c30-26-11-12-34(20-26)28-18-25(29(35)32-36)17-27(31-28)24-9-7-22(8-10-24)2-1-21-3-5-23(6-4-21)19-33-13-15-37-16-14-33/h3-10,17-18,26,36H,11-16,19-20,30H2,(H,32,35)/t26-/m1/s1. The van der Waals surface area contributed by atoms with Crippen LogP contribution in [0.25, 0.3) is 11.3 Å². The molecule has 2 aromatic carbocycles. The van der Waals surface area contributed by atoms with Gasteiger partial charge >= 0.3 is 0 Å². The molecule has 3 aromatic rings. The number of amides is 1. The van der Waals surface area contributed by atoms with Gasteiger partial charge in [0.05, 0.1) is 18.9 Å². The van der Waals surface area contributed by atoms with Crippen LogP contribution in [0.15, 0.2) is 60.7 Å². The molecule has 2 saturated heterocycles. The summed E-state index contributed by atoms with van der Waals surface area (Å²) in [7, 11) is 0. The van der Waals surface area contributed by atoms with Crippen molar-refractivity contribution in [1.82, 2.24) is 15.4 Å². The number of hydroxylamine groups is 1. The molecule has 190 valence electrons. The van der Waals surface area contributed by atoms with E-state index >= 15 is 0 Å². The zero-order valence-corrected chi connectivity index (χ0v) is 20.7. The highest BCUT2D eigenvalue weighted by Gasteiger charge is 2.22. The lowest BCUT2D eigenvalue weighted by Crippen LogP contribution is -2.35. The van der Waals surface area contributed by atoms with Crippen molar-refractivity contribution in [1.29, 1.82) is 0 Å². The fourth-order valence-electron chi connectivity index (χ4n) is 4.60. The number of rotatable bonds is 5. The number of ether oxygens (including phenoxy) is 1. The molecule has 2 fully saturated rings. The van der Waals surface area contributed by atoms with Crippen LogP contribution >= 0.6 is 0 Å². The van der Waals surface area contributed by atoms with E-state index in [2.05, 4.69) is 45.9 Å². The van der Waals surface area contributed by atoms with Crippen LogP contribution in [0.1, 0.15) is 33.5 Å². The lowest BCUT2D eigenvalue weighted by Gasteiger charge is -2.26. The number of hydrogen-bond donors (Lipinski definition) is 3. The van der Waals surface area contributed by atoms with Crippen molar-refractivity contribution < 1.29 is 14.7 Å². The van der Waals surface area contributed by atoms with Gasteiger partial charge in [-0.05, 0) is 48.4 Å². The average molecular weight is 498 g/mol. The molecule has 2 aliphatic heterocycles. The summed E-state index contributed by atoms with van der Waals surface area (Å²) in [5.41, 5.74) is 12.7. The predicted octanol–water partition coefficient (Wildman–Crippen LogP) is 2.64. The van der Waals surface area contributed by atoms with Gasteiger partial charge in [0.15, 0.2) is 0 Å². The van der Waals surface area contributed by atoms with Gasteiger partial charge in [-0.25, -0.2) is 10.5 Å². The monoisotopic (exact) mass is 497 g/mol. The predicted molar refractivity (Wildman–Crippen MR) is 142 cm³/mol. The third-order valence-electron chi connectivity index (χ3n) is 6.72. The summed E-state index contributed by atoms with van der Waals surface area (Å²) in [6.45, 7) is 5.94. The molecule has 0 saturated carbocycles. The van der Waals surface area contributed by atoms with Crippen molar-refractivity contribution in [3.8, 4) is 23.1 Å². The maximum atomic E-state index is 12.2. The number of morpholine rings is 1. The summed E-state index contributed by atoms with van der Waals surface area (Å²) in [4.78, 5) is 21.4. The van der Waals surface area contributed by atoms with E-state index in [0.29, 0.717) is 23.6 Å². The van der Waals surface area contributed by atoms with Crippen LogP contribution in [0.4, 0.5) is 5.82 Å². The van der Waals surface area contributed by atoms with Crippen LogP contribution in [0, 0.1) is 11.8 Å². The largest absolute Gasteiger partial charge is 0.379 e. The Morgan fingerprint density at radius 3 is 2.32 bits per heavy atom. The molecule has 4 N–H and O–H groups in total. The first-order valence-corrected chi connectivity index (χ1v) is 12.6. The molecule has 2 aliphatic rings. The van der Waals surface area contributed by atoms with Gasteiger partial charge in [0.2, 0.25) is 0 Å². The van der Waals surface area contributed by atoms with Crippen molar-refractivity contribution in [2.24, 2.45) is 5.73 Å². The van der Waals surface area contributed by atoms with E-state index in [0.717, 1.165) is 62.5 Å². The summed E-state index contributed by atoms with van der Waals surface area (Å²) in [5, 5.41) is 9.15. The van der Waals surface area contributed by atoms with Crippen molar-refractivity contribution in [2.75, 3.05) is 44.3 Å². The van der Waals surface area contributed by atoms with Gasteiger partial charge in [-0.3, -0.25) is 14.9 Å². The van der Waals surface area contributed by atoms with Gasteiger partial charge in [-0.15, -0.1) is 0 Å². The Morgan fingerprint density at radius 1 is 1.03 bits per heavy atom. The third kappa shape index (κ3) is 6.34. The van der Waals surface area contributed by atoms with Crippen molar-refractivity contribution in [2.45, 2.75) is 19.0 Å². The van der Waals surface area contributed by atoms with Gasteiger partial charge in [0, 0.05) is 61.0 Å². The maximum absolute atomic E-state index is 12.2. The van der Waals surface area contributed by atoms with Crippen molar-refractivity contribution in [3.05, 3.63) is 82.9 Å². The molecule has 0 aliphatic carbocycles. The van der Waals surface area contributed by atoms with Gasteiger partial charge < -0.3 is 15.4 Å². The first-order valence-electron chi connectivity index (χ1n) is 12.6. The van der Waals surface area contributed by atoms with E-state index in [-0.39, 0.29) is 6.04 Å². The summed E-state index contributed by atoms with van der Waals surface area (Å²) in [5.74, 6) is 6.55. The highest BCUT2D eigenvalue weighted by atomic mass is 16.5. The second-order valence-corrected chi connectivity index (χ2v) is 9.45. The Hall–Kier alpha value is -3.74. The van der Waals surface area contributed by atoms with Crippen molar-refractivity contribution >= 4 is 11.7 Å². The third-order valence-corrected chi connectivity index (χ3v) is 6.72. The van der Waals surface area contributed by atoms with Gasteiger partial charge in [-0.1, -0.05) is 36.1 Å². The Labute approximate surface area is 217 Å². The zero-order chi connectivity index (χ0) is 25.6. The fraction of sp³-hybridized carbons (Fsp3) is 0.310. The highest BCUT2D eigenvalue weighted by molar-refractivity contribution is 5.95. The summed E-state index contributed by atoms with van der Waals surface area (Å²) >= 11 is 0. The Bertz CT molecular complexity index is 1290. The molecule has 3 heterocycles. The smallest absolute Gasteiger partial charge is 0.274 e.